The second-order valence-electron chi connectivity index (χ2n) is 9.28. The van der Waals surface area contributed by atoms with E-state index in [2.05, 4.69) is 14.7 Å². The average molecular weight is 539 g/mol. The number of sulfonamides is 2. The summed E-state index contributed by atoms with van der Waals surface area (Å²) in [6, 6.07) is 18.6. The van der Waals surface area contributed by atoms with E-state index < -0.39 is 37.2 Å². The number of fused-ring (bicyclic) bond motifs is 1. The summed E-state index contributed by atoms with van der Waals surface area (Å²) in [6.07, 6.45) is 0.140. The molecule has 11 heteroatoms. The maximum Gasteiger partial charge on any atom is 0.242 e. The van der Waals surface area contributed by atoms with Crippen LogP contribution in [-0.4, -0.2) is 32.7 Å². The molecule has 5 rings (SSSR count). The van der Waals surface area contributed by atoms with Crippen molar-refractivity contribution in [2.45, 2.75) is 42.9 Å². The third-order valence-electron chi connectivity index (χ3n) is 6.49. The number of H-pyrrole nitrogens is 1. The SMILES string of the molecule is Cc1ccc(S(=O)(=O)N[C@@H](Cc2ccc(C3CC(=O)NS3(=O)=O)c(C)c2)c2nc3ccccc3[nH]2)cc1. The molecule has 2 heterocycles. The second-order valence-corrected chi connectivity index (χ2v) is 12.9. The van der Waals surface area contributed by atoms with Crippen molar-refractivity contribution in [3.63, 3.8) is 0 Å². The van der Waals surface area contributed by atoms with E-state index in [9.17, 15) is 21.6 Å². The molecule has 4 aromatic rings. The number of aromatic amines is 1. The molecule has 1 saturated heterocycles. The summed E-state index contributed by atoms with van der Waals surface area (Å²) >= 11 is 0. The maximum atomic E-state index is 13.3. The Morgan fingerprint density at radius 3 is 2.43 bits per heavy atom. The molecule has 0 radical (unpaired) electrons. The Bertz CT molecular complexity index is 1680. The molecule has 2 atom stereocenters. The van der Waals surface area contributed by atoms with E-state index in [1.807, 2.05) is 42.0 Å². The number of benzene rings is 3. The third kappa shape index (κ3) is 5.15. The molecule has 0 saturated carbocycles. The minimum absolute atomic E-state index is 0.125. The normalized spacial score (nSPS) is 18.1. The van der Waals surface area contributed by atoms with Crippen LogP contribution in [0.4, 0.5) is 0 Å². The predicted octanol–water partition coefficient (Wildman–Crippen LogP) is 3.33. The van der Waals surface area contributed by atoms with Gasteiger partial charge < -0.3 is 4.98 Å². The topological polar surface area (TPSA) is 138 Å². The van der Waals surface area contributed by atoms with Crippen LogP contribution in [0.3, 0.4) is 0 Å². The lowest BCUT2D eigenvalue weighted by Gasteiger charge is -2.19. The predicted molar refractivity (Wildman–Crippen MR) is 140 cm³/mol. The Morgan fingerprint density at radius 2 is 1.78 bits per heavy atom. The van der Waals surface area contributed by atoms with Gasteiger partial charge in [0, 0.05) is 0 Å². The Kier molecular flexibility index (Phi) is 6.38. The van der Waals surface area contributed by atoms with Crippen LogP contribution < -0.4 is 9.44 Å². The molecule has 0 bridgehead atoms. The van der Waals surface area contributed by atoms with E-state index in [1.54, 1.807) is 43.3 Å². The van der Waals surface area contributed by atoms with Gasteiger partial charge in [0.25, 0.3) is 0 Å². The number of nitrogens with zero attached hydrogens (tertiary/aromatic N) is 1. The number of para-hydroxylation sites is 2. The number of hydrogen-bond acceptors (Lipinski definition) is 6. The van der Waals surface area contributed by atoms with Gasteiger partial charge in [-0.15, -0.1) is 0 Å². The van der Waals surface area contributed by atoms with Gasteiger partial charge in [-0.2, -0.15) is 0 Å². The van der Waals surface area contributed by atoms with Gasteiger partial charge >= 0.3 is 0 Å². The first kappa shape index (κ1) is 25.1. The lowest BCUT2D eigenvalue weighted by molar-refractivity contribution is -0.118. The fourth-order valence-electron chi connectivity index (χ4n) is 4.59. The molecule has 1 fully saturated rings. The smallest absolute Gasteiger partial charge is 0.242 e. The lowest BCUT2D eigenvalue weighted by Crippen LogP contribution is -2.31. The van der Waals surface area contributed by atoms with Crippen molar-refractivity contribution < 1.29 is 21.6 Å². The van der Waals surface area contributed by atoms with Crippen LogP contribution in [0.2, 0.25) is 0 Å². The first-order valence-corrected chi connectivity index (χ1v) is 14.7. The first-order valence-electron chi connectivity index (χ1n) is 11.7. The van der Waals surface area contributed by atoms with E-state index in [1.165, 1.54) is 0 Å². The Morgan fingerprint density at radius 1 is 1.05 bits per heavy atom. The molecule has 1 aromatic heterocycles. The first-order chi connectivity index (χ1) is 17.5. The number of carbonyl (C=O) groups excluding carboxylic acids is 1. The molecule has 37 heavy (non-hydrogen) atoms. The molecular weight excluding hydrogens is 512 g/mol. The molecular formula is C26H26N4O5S2. The molecule has 1 aliphatic rings. The van der Waals surface area contributed by atoms with Gasteiger partial charge in [-0.05, 0) is 61.2 Å². The largest absolute Gasteiger partial charge is 0.341 e. The molecule has 9 nitrogen and oxygen atoms in total. The fourth-order valence-corrected chi connectivity index (χ4v) is 7.31. The van der Waals surface area contributed by atoms with Crippen molar-refractivity contribution >= 4 is 37.0 Å². The van der Waals surface area contributed by atoms with Crippen molar-refractivity contribution in [1.29, 1.82) is 0 Å². The number of carbonyl (C=O) groups is 1. The summed E-state index contributed by atoms with van der Waals surface area (Å²) in [4.78, 5) is 19.7. The van der Waals surface area contributed by atoms with E-state index in [4.69, 9.17) is 0 Å². The van der Waals surface area contributed by atoms with Crippen molar-refractivity contribution in [2.75, 3.05) is 0 Å². The lowest BCUT2D eigenvalue weighted by atomic mass is 9.97. The summed E-state index contributed by atoms with van der Waals surface area (Å²) < 4.78 is 56.1. The van der Waals surface area contributed by atoms with Crippen LogP contribution in [0.25, 0.3) is 11.0 Å². The summed E-state index contributed by atoms with van der Waals surface area (Å²) in [5.74, 6) is -0.0595. The monoisotopic (exact) mass is 538 g/mol. The average Bonchev–Trinajstić information content (AvgIpc) is 3.38. The highest BCUT2D eigenvalue weighted by Gasteiger charge is 2.38. The van der Waals surface area contributed by atoms with E-state index in [0.29, 0.717) is 22.5 Å². The fraction of sp³-hybridized carbons (Fsp3) is 0.231. The summed E-state index contributed by atoms with van der Waals surface area (Å²) in [5.41, 5.74) is 4.48. The minimum Gasteiger partial charge on any atom is -0.341 e. The second kappa shape index (κ2) is 9.40. The van der Waals surface area contributed by atoms with Crippen LogP contribution in [0.5, 0.6) is 0 Å². The van der Waals surface area contributed by atoms with Crippen molar-refractivity contribution in [1.82, 2.24) is 19.4 Å². The zero-order valence-electron chi connectivity index (χ0n) is 20.2. The minimum atomic E-state index is -3.87. The quantitative estimate of drug-likeness (QED) is 0.330. The summed E-state index contributed by atoms with van der Waals surface area (Å²) in [5, 5.41) is -0.944. The van der Waals surface area contributed by atoms with Crippen molar-refractivity contribution in [2.24, 2.45) is 0 Å². The van der Waals surface area contributed by atoms with Crippen molar-refractivity contribution in [3.05, 3.63) is 94.8 Å². The molecule has 0 spiro atoms. The number of amides is 1. The van der Waals surface area contributed by atoms with E-state index in [0.717, 1.165) is 16.6 Å². The Balaban J connectivity index is 1.49. The van der Waals surface area contributed by atoms with Gasteiger partial charge in [0.15, 0.2) is 0 Å². The number of imidazole rings is 1. The highest BCUT2D eigenvalue weighted by molar-refractivity contribution is 7.90. The van der Waals surface area contributed by atoms with Gasteiger partial charge in [-0.1, -0.05) is 48.0 Å². The third-order valence-corrected chi connectivity index (χ3v) is 9.66. The number of hydrogen-bond donors (Lipinski definition) is 3. The number of rotatable bonds is 7. The van der Waals surface area contributed by atoms with Crippen LogP contribution in [0.1, 0.15) is 45.8 Å². The number of aryl methyl sites for hydroxylation is 2. The highest BCUT2D eigenvalue weighted by Crippen LogP contribution is 2.33. The van der Waals surface area contributed by atoms with Gasteiger partial charge in [0.1, 0.15) is 11.1 Å². The number of aromatic nitrogens is 2. The summed E-state index contributed by atoms with van der Waals surface area (Å²) in [7, 11) is -7.64. The zero-order chi connectivity index (χ0) is 26.4. The Hall–Kier alpha value is -3.54. The van der Waals surface area contributed by atoms with Crippen LogP contribution in [-0.2, 0) is 31.3 Å². The highest BCUT2D eigenvalue weighted by atomic mass is 32.2. The molecule has 3 N–H and O–H groups in total. The van der Waals surface area contributed by atoms with Gasteiger partial charge in [-0.25, -0.2) is 26.5 Å². The van der Waals surface area contributed by atoms with Crippen LogP contribution in [0, 0.1) is 13.8 Å². The molecule has 1 amide bonds. The molecule has 0 aliphatic carbocycles. The molecule has 1 aliphatic heterocycles. The molecule has 192 valence electrons. The summed E-state index contributed by atoms with van der Waals surface area (Å²) in [6.45, 7) is 3.67. The van der Waals surface area contributed by atoms with Crippen LogP contribution >= 0.6 is 0 Å². The maximum absolute atomic E-state index is 13.3. The van der Waals surface area contributed by atoms with Crippen molar-refractivity contribution in [3.8, 4) is 0 Å². The van der Waals surface area contributed by atoms with Gasteiger partial charge in [0.2, 0.25) is 26.0 Å². The van der Waals surface area contributed by atoms with Gasteiger partial charge in [-0.3, -0.25) is 9.52 Å². The standard InChI is InChI=1S/C26H26N4O5S2/c1-16-7-10-19(11-8-16)36(32,33)29-23(26-27-21-5-3-4-6-22(21)28-26)14-18-9-12-20(17(2)13-18)24-15-25(31)30-37(24,34)35/h3-13,23-24,29H,14-15H2,1-2H3,(H,27,28)(H,30,31)/t23-,24?/m0/s1. The molecule has 3 aromatic carbocycles. The molecule has 1 unspecified atom stereocenters. The van der Waals surface area contributed by atoms with E-state index >= 15 is 0 Å². The van der Waals surface area contributed by atoms with Gasteiger partial charge in [0.05, 0.1) is 28.4 Å². The number of nitrogens with one attached hydrogen (secondary N) is 3. The van der Waals surface area contributed by atoms with Crippen LogP contribution in [0.15, 0.2) is 71.6 Å². The Labute approximate surface area is 215 Å². The van der Waals surface area contributed by atoms with E-state index in [-0.39, 0.29) is 17.7 Å². The zero-order valence-corrected chi connectivity index (χ0v) is 21.9.